The molecule has 0 aliphatic carbocycles. The summed E-state index contributed by atoms with van der Waals surface area (Å²) in [6.45, 7) is 8.91. The Hall–Kier alpha value is -1.59. The molecule has 0 fully saturated rings. The van der Waals surface area contributed by atoms with E-state index in [4.69, 9.17) is 14.2 Å². The minimum atomic E-state index is -0.759. The summed E-state index contributed by atoms with van der Waals surface area (Å²) in [6, 6.07) is 0. The number of carbonyl (C=O) groups excluding carboxylic acids is 3. The topological polar surface area (TPSA) is 78.9 Å². The number of esters is 3. The Morgan fingerprint density at radius 1 is 0.365 bits per heavy atom. The van der Waals surface area contributed by atoms with E-state index in [1.165, 1.54) is 148 Å². The maximum atomic E-state index is 12.6. The zero-order valence-electron chi connectivity index (χ0n) is 35.3. The first-order valence-electron chi connectivity index (χ1n) is 22.9. The van der Waals surface area contributed by atoms with Crippen LogP contribution in [0.4, 0.5) is 0 Å². The minimum Gasteiger partial charge on any atom is -0.462 e. The maximum Gasteiger partial charge on any atom is 0.306 e. The molecule has 6 heteroatoms. The third kappa shape index (κ3) is 39.6. The molecule has 0 unspecified atom stereocenters. The van der Waals surface area contributed by atoms with Crippen molar-refractivity contribution in [1.82, 2.24) is 0 Å². The Labute approximate surface area is 323 Å². The summed E-state index contributed by atoms with van der Waals surface area (Å²) in [6.07, 6.45) is 39.6. The highest BCUT2D eigenvalue weighted by molar-refractivity contribution is 5.71. The average Bonchev–Trinajstić information content (AvgIpc) is 3.12. The van der Waals surface area contributed by atoms with Crippen LogP contribution in [0.3, 0.4) is 0 Å². The van der Waals surface area contributed by atoms with Gasteiger partial charge >= 0.3 is 17.9 Å². The molecule has 0 aromatic carbocycles. The Bertz CT molecular complexity index is 781. The SMILES string of the molecule is CCCCCCCCCCCCCCCCCCC(=O)OC[C@@H](COC(=O)CCCCCCCCC(C)C)OC(=O)CCCCCCCCCCC. The third-order valence-corrected chi connectivity index (χ3v) is 10.3. The van der Waals surface area contributed by atoms with Crippen molar-refractivity contribution in [2.45, 2.75) is 259 Å². The number of hydrogen-bond acceptors (Lipinski definition) is 6. The molecular weight excluding hydrogens is 648 g/mol. The van der Waals surface area contributed by atoms with Crippen molar-refractivity contribution in [2.75, 3.05) is 13.2 Å². The minimum absolute atomic E-state index is 0.0646. The summed E-state index contributed by atoms with van der Waals surface area (Å²) in [5, 5.41) is 0. The Balaban J connectivity index is 4.24. The summed E-state index contributed by atoms with van der Waals surface area (Å²) in [7, 11) is 0. The summed E-state index contributed by atoms with van der Waals surface area (Å²) >= 11 is 0. The van der Waals surface area contributed by atoms with Crippen molar-refractivity contribution in [3.63, 3.8) is 0 Å². The Morgan fingerprint density at radius 2 is 0.635 bits per heavy atom. The van der Waals surface area contributed by atoms with Gasteiger partial charge in [0.1, 0.15) is 13.2 Å². The quantitative estimate of drug-likeness (QED) is 0.0353. The second-order valence-electron chi connectivity index (χ2n) is 16.2. The second kappa shape index (κ2) is 40.6. The van der Waals surface area contributed by atoms with Crippen molar-refractivity contribution >= 4 is 17.9 Å². The maximum absolute atomic E-state index is 12.6. The van der Waals surface area contributed by atoms with E-state index in [1.807, 2.05) is 0 Å². The lowest BCUT2D eigenvalue weighted by Crippen LogP contribution is -2.30. The fourth-order valence-electron chi connectivity index (χ4n) is 6.80. The van der Waals surface area contributed by atoms with E-state index in [2.05, 4.69) is 27.7 Å². The van der Waals surface area contributed by atoms with Gasteiger partial charge in [-0.2, -0.15) is 0 Å². The first kappa shape index (κ1) is 50.4. The van der Waals surface area contributed by atoms with Crippen LogP contribution in [0.5, 0.6) is 0 Å². The zero-order chi connectivity index (χ0) is 38.2. The molecule has 0 saturated heterocycles. The van der Waals surface area contributed by atoms with Gasteiger partial charge in [-0.05, 0) is 25.2 Å². The molecule has 0 bridgehead atoms. The Kier molecular flexibility index (Phi) is 39.4. The molecule has 52 heavy (non-hydrogen) atoms. The highest BCUT2D eigenvalue weighted by Crippen LogP contribution is 2.16. The molecule has 0 saturated carbocycles. The molecule has 1 atom stereocenters. The molecule has 0 aliphatic rings. The van der Waals surface area contributed by atoms with Gasteiger partial charge in [-0.3, -0.25) is 14.4 Å². The molecule has 0 amide bonds. The molecule has 0 N–H and O–H groups in total. The van der Waals surface area contributed by atoms with Crippen molar-refractivity contribution in [3.05, 3.63) is 0 Å². The van der Waals surface area contributed by atoms with Crippen molar-refractivity contribution in [2.24, 2.45) is 5.92 Å². The van der Waals surface area contributed by atoms with Crippen molar-refractivity contribution in [1.29, 1.82) is 0 Å². The zero-order valence-corrected chi connectivity index (χ0v) is 35.3. The largest absolute Gasteiger partial charge is 0.462 e. The molecule has 0 rings (SSSR count). The van der Waals surface area contributed by atoms with E-state index in [9.17, 15) is 14.4 Å². The van der Waals surface area contributed by atoms with E-state index >= 15 is 0 Å². The lowest BCUT2D eigenvalue weighted by atomic mass is 10.0. The van der Waals surface area contributed by atoms with Gasteiger partial charge in [0.15, 0.2) is 6.10 Å². The smallest absolute Gasteiger partial charge is 0.306 e. The van der Waals surface area contributed by atoms with Gasteiger partial charge in [-0.25, -0.2) is 0 Å². The molecule has 308 valence electrons. The van der Waals surface area contributed by atoms with Crippen molar-refractivity contribution in [3.8, 4) is 0 Å². The van der Waals surface area contributed by atoms with E-state index in [1.54, 1.807) is 0 Å². The van der Waals surface area contributed by atoms with Gasteiger partial charge in [-0.15, -0.1) is 0 Å². The van der Waals surface area contributed by atoms with Crippen LogP contribution in [0, 0.1) is 5.92 Å². The second-order valence-corrected chi connectivity index (χ2v) is 16.2. The number of rotatable bonds is 41. The van der Waals surface area contributed by atoms with Crippen LogP contribution in [0.2, 0.25) is 0 Å². The van der Waals surface area contributed by atoms with Crippen LogP contribution >= 0.6 is 0 Å². The monoisotopic (exact) mass is 737 g/mol. The molecule has 0 radical (unpaired) electrons. The lowest BCUT2D eigenvalue weighted by Gasteiger charge is -2.18. The van der Waals surface area contributed by atoms with Crippen LogP contribution in [0.25, 0.3) is 0 Å². The van der Waals surface area contributed by atoms with Gasteiger partial charge in [0.05, 0.1) is 0 Å². The first-order chi connectivity index (χ1) is 25.4. The fraction of sp³-hybridized carbons (Fsp3) is 0.935. The standard InChI is InChI=1S/C46H88O6/c1-5-7-9-11-13-15-16-17-18-19-20-21-23-24-29-33-37-44(47)50-40-43(52-46(49)39-35-31-25-22-14-12-10-8-6-2)41-51-45(48)38-34-30-27-26-28-32-36-42(3)4/h42-43H,5-41H2,1-4H3/t43-/m0/s1. The number of hydrogen-bond donors (Lipinski definition) is 0. The van der Waals surface area contributed by atoms with Crippen molar-refractivity contribution < 1.29 is 28.6 Å². The van der Waals surface area contributed by atoms with Crippen LogP contribution in [0.15, 0.2) is 0 Å². The highest BCUT2D eigenvalue weighted by atomic mass is 16.6. The normalized spacial score (nSPS) is 11.9. The Morgan fingerprint density at radius 3 is 0.942 bits per heavy atom. The highest BCUT2D eigenvalue weighted by Gasteiger charge is 2.19. The molecule has 6 nitrogen and oxygen atoms in total. The van der Waals surface area contributed by atoms with E-state index in [0.29, 0.717) is 19.3 Å². The van der Waals surface area contributed by atoms with E-state index in [-0.39, 0.29) is 31.1 Å². The van der Waals surface area contributed by atoms with Gasteiger partial charge in [-0.1, -0.05) is 214 Å². The van der Waals surface area contributed by atoms with Gasteiger partial charge in [0, 0.05) is 19.3 Å². The summed E-state index contributed by atoms with van der Waals surface area (Å²) in [5.74, 6) is -0.0976. The average molecular weight is 737 g/mol. The van der Waals surface area contributed by atoms with Gasteiger partial charge in [0.25, 0.3) is 0 Å². The number of carbonyl (C=O) groups is 3. The predicted molar refractivity (Wildman–Crippen MR) is 220 cm³/mol. The molecular formula is C46H88O6. The van der Waals surface area contributed by atoms with E-state index < -0.39 is 6.10 Å². The molecule has 0 aromatic heterocycles. The van der Waals surface area contributed by atoms with Crippen LogP contribution in [0.1, 0.15) is 252 Å². The van der Waals surface area contributed by atoms with Gasteiger partial charge in [0.2, 0.25) is 0 Å². The predicted octanol–water partition coefficient (Wildman–Crippen LogP) is 14.3. The van der Waals surface area contributed by atoms with Crippen LogP contribution in [-0.4, -0.2) is 37.2 Å². The molecule has 0 heterocycles. The molecule has 0 spiro atoms. The fourth-order valence-corrected chi connectivity index (χ4v) is 6.80. The summed E-state index contributed by atoms with van der Waals surface area (Å²) < 4.78 is 16.7. The summed E-state index contributed by atoms with van der Waals surface area (Å²) in [5.41, 5.74) is 0. The van der Waals surface area contributed by atoms with Crippen LogP contribution < -0.4 is 0 Å². The molecule has 0 aromatic rings. The van der Waals surface area contributed by atoms with Gasteiger partial charge < -0.3 is 14.2 Å². The first-order valence-corrected chi connectivity index (χ1v) is 22.9. The number of unbranched alkanes of at least 4 members (excludes halogenated alkanes) is 28. The third-order valence-electron chi connectivity index (χ3n) is 10.3. The number of ether oxygens (including phenoxy) is 3. The lowest BCUT2D eigenvalue weighted by molar-refractivity contribution is -0.167. The van der Waals surface area contributed by atoms with Crippen LogP contribution in [-0.2, 0) is 28.6 Å². The summed E-state index contributed by atoms with van der Waals surface area (Å²) in [4.78, 5) is 37.6. The molecule has 0 aliphatic heterocycles. The van der Waals surface area contributed by atoms with E-state index in [0.717, 1.165) is 63.7 Å².